The Bertz CT molecular complexity index is 1430. The Labute approximate surface area is 213 Å². The molecule has 0 saturated heterocycles. The number of nitrogens with zero attached hydrogens (tertiary/aromatic N) is 2. The van der Waals surface area contributed by atoms with Crippen LogP contribution in [0.25, 0.3) is 22.5 Å². The van der Waals surface area contributed by atoms with Gasteiger partial charge in [-0.3, -0.25) is 9.59 Å². The lowest BCUT2D eigenvalue weighted by molar-refractivity contribution is -0.172. The van der Waals surface area contributed by atoms with Crippen molar-refractivity contribution in [3.8, 4) is 22.5 Å². The van der Waals surface area contributed by atoms with Crippen molar-refractivity contribution in [3.63, 3.8) is 0 Å². The monoisotopic (exact) mass is 538 g/mol. The number of carbonyl (C=O) groups excluding carboxylic acids is 2. The van der Waals surface area contributed by atoms with Gasteiger partial charge in [0.1, 0.15) is 17.4 Å². The molecule has 37 heavy (non-hydrogen) atoms. The quantitative estimate of drug-likeness (QED) is 0.305. The number of carbonyl (C=O) groups is 2. The first kappa shape index (κ1) is 25.5. The highest BCUT2D eigenvalue weighted by Gasteiger charge is 2.55. The lowest BCUT2D eigenvalue weighted by Crippen LogP contribution is -2.29. The number of rotatable bonds is 7. The molecule has 0 spiro atoms. The van der Waals surface area contributed by atoms with E-state index in [0.717, 1.165) is 6.07 Å². The van der Waals surface area contributed by atoms with E-state index in [9.17, 15) is 27.2 Å². The van der Waals surface area contributed by atoms with Crippen LogP contribution in [0.3, 0.4) is 0 Å². The second-order valence-corrected chi connectivity index (χ2v) is 10.2. The van der Waals surface area contributed by atoms with Gasteiger partial charge in [0.05, 0.1) is 5.56 Å². The van der Waals surface area contributed by atoms with Gasteiger partial charge >= 0.3 is 6.18 Å². The molecule has 2 aliphatic carbocycles. The maximum Gasteiger partial charge on any atom is 0.450 e. The van der Waals surface area contributed by atoms with E-state index in [1.54, 1.807) is 13.0 Å². The van der Waals surface area contributed by atoms with Gasteiger partial charge in [0.2, 0.25) is 17.5 Å². The number of aryl methyl sites for hydroxylation is 2. The van der Waals surface area contributed by atoms with Crippen LogP contribution in [0.15, 0.2) is 28.8 Å². The Kier molecular flexibility index (Phi) is 6.21. The minimum atomic E-state index is -4.99. The van der Waals surface area contributed by atoms with Gasteiger partial charge in [-0.25, -0.2) is 8.78 Å². The fourth-order valence-corrected chi connectivity index (χ4v) is 5.36. The van der Waals surface area contributed by atoms with Crippen molar-refractivity contribution in [2.45, 2.75) is 57.5 Å². The fraction of sp³-hybridized carbons (Fsp3) is 0.385. The van der Waals surface area contributed by atoms with Crippen molar-refractivity contribution in [1.29, 1.82) is 0 Å². The van der Waals surface area contributed by atoms with Gasteiger partial charge < -0.3 is 4.52 Å². The molecule has 11 heteroatoms. The van der Waals surface area contributed by atoms with Gasteiger partial charge in [-0.2, -0.15) is 18.2 Å². The first-order chi connectivity index (χ1) is 17.4. The molecule has 194 valence electrons. The van der Waals surface area contributed by atoms with Crippen molar-refractivity contribution in [2.75, 3.05) is 0 Å². The van der Waals surface area contributed by atoms with Crippen LogP contribution in [0.1, 0.15) is 55.0 Å². The standard InChI is InChI=1S/C26H20ClF5N2O3/c1-12-33-24(34-37-12)23-17(9-16(27)10-19(23)29)15-6-13-2-3-14(22(13)18(28)7-15)8-20(35)25(4-5-25)11-21(36)26(30,31)32/h6-7,9-10,14H,2-5,8,11H2,1H3. The van der Waals surface area contributed by atoms with E-state index in [1.807, 2.05) is 0 Å². The van der Waals surface area contributed by atoms with E-state index in [0.29, 0.717) is 29.5 Å². The summed E-state index contributed by atoms with van der Waals surface area (Å²) in [7, 11) is 0. The molecule has 1 heterocycles. The highest BCUT2D eigenvalue weighted by molar-refractivity contribution is 6.31. The third kappa shape index (κ3) is 4.79. The third-order valence-corrected chi connectivity index (χ3v) is 7.41. The molecule has 0 N–H and O–H groups in total. The van der Waals surface area contributed by atoms with Gasteiger partial charge in [0, 0.05) is 30.2 Å². The van der Waals surface area contributed by atoms with Crippen LogP contribution in [0.2, 0.25) is 5.02 Å². The summed E-state index contributed by atoms with van der Waals surface area (Å²) < 4.78 is 73.6. The number of hydrogen-bond acceptors (Lipinski definition) is 5. The Balaban J connectivity index is 1.44. The molecule has 1 fully saturated rings. The summed E-state index contributed by atoms with van der Waals surface area (Å²) in [6.07, 6.45) is -4.72. The molecule has 1 saturated carbocycles. The van der Waals surface area contributed by atoms with Crippen molar-refractivity contribution in [3.05, 3.63) is 57.9 Å². The van der Waals surface area contributed by atoms with Gasteiger partial charge in [-0.05, 0) is 72.1 Å². The van der Waals surface area contributed by atoms with Gasteiger partial charge in [-0.1, -0.05) is 22.8 Å². The lowest BCUT2D eigenvalue weighted by Gasteiger charge is -2.18. The largest absolute Gasteiger partial charge is 0.450 e. The molecule has 2 aliphatic rings. The summed E-state index contributed by atoms with van der Waals surface area (Å²) in [5.41, 5.74) is 0.206. The molecule has 5 rings (SSSR count). The molecule has 0 bridgehead atoms. The molecule has 5 nitrogen and oxygen atoms in total. The van der Waals surface area contributed by atoms with Gasteiger partial charge in [0.25, 0.3) is 0 Å². The maximum atomic E-state index is 15.5. The summed E-state index contributed by atoms with van der Waals surface area (Å²) in [5, 5.41) is 3.86. The normalized spacial score (nSPS) is 18.1. The van der Waals surface area contributed by atoms with Crippen molar-refractivity contribution in [2.24, 2.45) is 5.41 Å². The molecule has 1 aromatic heterocycles. The summed E-state index contributed by atoms with van der Waals surface area (Å²) in [6.45, 7) is 1.55. The van der Waals surface area contributed by atoms with Gasteiger partial charge in [0.15, 0.2) is 0 Å². The highest BCUT2D eigenvalue weighted by atomic mass is 35.5. The SMILES string of the molecule is Cc1nc(-c2c(F)cc(Cl)cc2-c2cc(F)c3c(c2)CCC3CC(=O)C2(CC(=O)C(F)(F)F)CC2)no1. The summed E-state index contributed by atoms with van der Waals surface area (Å²) >= 11 is 6.09. The van der Waals surface area contributed by atoms with Gasteiger partial charge in [-0.15, -0.1) is 0 Å². The summed E-state index contributed by atoms with van der Waals surface area (Å²) in [5.74, 6) is -4.01. The first-order valence-corrected chi connectivity index (χ1v) is 12.0. The minimum Gasteiger partial charge on any atom is -0.339 e. The van der Waals surface area contributed by atoms with E-state index in [-0.39, 0.29) is 47.1 Å². The molecule has 1 atom stereocenters. The molecule has 0 radical (unpaired) electrons. The number of benzene rings is 2. The number of alkyl halides is 3. The Morgan fingerprint density at radius 3 is 2.49 bits per heavy atom. The molecule has 2 aromatic carbocycles. The zero-order valence-corrected chi connectivity index (χ0v) is 20.3. The van der Waals surface area contributed by atoms with Crippen molar-refractivity contribution in [1.82, 2.24) is 10.1 Å². The first-order valence-electron chi connectivity index (χ1n) is 11.6. The second kappa shape index (κ2) is 9.01. The van der Waals surface area contributed by atoms with Crippen molar-refractivity contribution < 1.29 is 36.1 Å². The van der Waals surface area contributed by atoms with E-state index in [4.69, 9.17) is 16.1 Å². The fourth-order valence-electron chi connectivity index (χ4n) is 5.15. The van der Waals surface area contributed by atoms with Crippen LogP contribution in [0, 0.1) is 24.0 Å². The molecule has 1 unspecified atom stereocenters. The topological polar surface area (TPSA) is 73.1 Å². The second-order valence-electron chi connectivity index (χ2n) is 9.72. The average molecular weight is 539 g/mol. The Morgan fingerprint density at radius 1 is 1.14 bits per heavy atom. The molecular weight excluding hydrogens is 519 g/mol. The van der Waals surface area contributed by atoms with E-state index >= 15 is 4.39 Å². The Hall–Kier alpha value is -3.14. The number of hydrogen-bond donors (Lipinski definition) is 0. The Morgan fingerprint density at radius 2 is 1.86 bits per heavy atom. The van der Waals surface area contributed by atoms with E-state index in [2.05, 4.69) is 10.1 Å². The molecule has 3 aromatic rings. The molecule has 0 aliphatic heterocycles. The predicted octanol–water partition coefficient (Wildman–Crippen LogP) is 6.93. The number of halogens is 6. The van der Waals surface area contributed by atoms with Crippen LogP contribution < -0.4 is 0 Å². The number of aromatic nitrogens is 2. The van der Waals surface area contributed by atoms with Crippen LogP contribution in [0.4, 0.5) is 22.0 Å². The van der Waals surface area contributed by atoms with E-state index in [1.165, 1.54) is 12.1 Å². The number of fused-ring (bicyclic) bond motifs is 1. The lowest BCUT2D eigenvalue weighted by atomic mass is 9.85. The summed E-state index contributed by atoms with van der Waals surface area (Å²) in [4.78, 5) is 28.5. The van der Waals surface area contributed by atoms with Crippen LogP contribution in [-0.4, -0.2) is 27.9 Å². The summed E-state index contributed by atoms with van der Waals surface area (Å²) in [6, 6.07) is 5.46. The minimum absolute atomic E-state index is 0.00432. The maximum absolute atomic E-state index is 15.5. The van der Waals surface area contributed by atoms with Crippen LogP contribution in [-0.2, 0) is 16.0 Å². The molecule has 0 amide bonds. The van der Waals surface area contributed by atoms with Crippen molar-refractivity contribution >= 4 is 23.2 Å². The average Bonchev–Trinajstić information content (AvgIpc) is 3.28. The van der Waals surface area contributed by atoms with Crippen LogP contribution >= 0.6 is 11.6 Å². The predicted molar refractivity (Wildman–Crippen MR) is 123 cm³/mol. The van der Waals surface area contributed by atoms with Crippen LogP contribution in [0.5, 0.6) is 0 Å². The number of Topliss-reactive ketones (excluding diaryl/α,β-unsaturated/α-hetero) is 2. The zero-order valence-electron chi connectivity index (χ0n) is 19.5. The molecular formula is C26H20ClF5N2O3. The third-order valence-electron chi connectivity index (χ3n) is 7.19. The zero-order chi connectivity index (χ0) is 26.7. The van der Waals surface area contributed by atoms with E-state index < -0.39 is 47.1 Å². The smallest absolute Gasteiger partial charge is 0.339 e. The number of ketones is 2. The highest BCUT2D eigenvalue weighted by Crippen LogP contribution is 2.53.